The molecule has 5 aromatic rings. The van der Waals surface area contributed by atoms with Crippen molar-refractivity contribution in [2.24, 2.45) is 0 Å². The number of piperazine rings is 1. The van der Waals surface area contributed by atoms with Gasteiger partial charge in [-0.05, 0) is 90.1 Å². The SMILES string of the molecule is C/C(=C\c1cc(C)c(Oc2ccc(OCc3ccccc3Cl)cn2)c(Cl)c1)C(=O)N1CCN(Cc2ccc(CCOc3ccc(C(C)C)cc3)cc2)CC1.O=C(O)C(=O)O. The van der Waals surface area contributed by atoms with Crippen LogP contribution in [0.2, 0.25) is 10.0 Å². The molecule has 0 saturated carbocycles. The molecule has 0 unspecified atom stereocenters. The number of benzene rings is 4. The first-order valence-electron chi connectivity index (χ1n) is 19.5. The van der Waals surface area contributed by atoms with Gasteiger partial charge in [0.05, 0.1) is 17.8 Å². The number of hydrogen-bond donors (Lipinski definition) is 2. The maximum atomic E-state index is 13.4. The van der Waals surface area contributed by atoms with Gasteiger partial charge in [0.2, 0.25) is 11.8 Å². The van der Waals surface area contributed by atoms with E-state index < -0.39 is 11.9 Å². The van der Waals surface area contributed by atoms with Crippen LogP contribution in [0.25, 0.3) is 6.08 Å². The third-order valence-corrected chi connectivity index (χ3v) is 10.4. The number of rotatable bonds is 14. The van der Waals surface area contributed by atoms with Gasteiger partial charge in [-0.15, -0.1) is 0 Å². The Balaban J connectivity index is 0.00000106. The zero-order chi connectivity index (χ0) is 43.2. The van der Waals surface area contributed by atoms with Gasteiger partial charge in [0.15, 0.2) is 5.75 Å². The van der Waals surface area contributed by atoms with E-state index in [9.17, 15) is 4.79 Å². The van der Waals surface area contributed by atoms with Crippen molar-refractivity contribution in [3.63, 3.8) is 0 Å². The summed E-state index contributed by atoms with van der Waals surface area (Å²) < 4.78 is 17.8. The molecule has 6 rings (SSSR count). The predicted molar refractivity (Wildman–Crippen MR) is 233 cm³/mol. The predicted octanol–water partition coefficient (Wildman–Crippen LogP) is 9.72. The topological polar surface area (TPSA) is 139 Å². The van der Waals surface area contributed by atoms with Crippen molar-refractivity contribution in [1.29, 1.82) is 0 Å². The maximum absolute atomic E-state index is 13.4. The number of carboxylic acid groups (broad SMARTS) is 2. The van der Waals surface area contributed by atoms with Crippen molar-refractivity contribution in [3.05, 3.63) is 152 Å². The van der Waals surface area contributed by atoms with Gasteiger partial charge >= 0.3 is 11.9 Å². The van der Waals surface area contributed by atoms with Crippen molar-refractivity contribution < 1.29 is 38.8 Å². The summed E-state index contributed by atoms with van der Waals surface area (Å²) in [5.41, 5.74) is 7.07. The Morgan fingerprint density at radius 1 is 0.800 bits per heavy atom. The molecule has 1 aromatic heterocycles. The fourth-order valence-electron chi connectivity index (χ4n) is 6.34. The molecule has 4 aromatic carbocycles. The van der Waals surface area contributed by atoms with E-state index in [1.165, 1.54) is 16.7 Å². The standard InChI is InChI=1S/C45H47Cl2N3O4.C2H2O4/c1-31(2)37-13-15-39(16-14-37)52-24-19-34-9-11-35(12-10-34)29-49-20-22-50(23-21-49)45(51)33(4)26-36-25-32(3)44(42(47)27-36)54-43-18-17-40(28-48-43)53-30-38-7-5-6-8-41(38)46;3-1(4)2(5)6/h5-18,25-28,31H,19-24,29-30H2,1-4H3;(H,3,4)(H,5,6)/b33-26+;. The molecule has 1 aliphatic heterocycles. The summed E-state index contributed by atoms with van der Waals surface area (Å²) in [5, 5.41) is 15.9. The van der Waals surface area contributed by atoms with Gasteiger partial charge in [-0.3, -0.25) is 9.69 Å². The molecule has 314 valence electrons. The molecule has 2 N–H and O–H groups in total. The zero-order valence-corrected chi connectivity index (χ0v) is 35.6. The van der Waals surface area contributed by atoms with Crippen molar-refractivity contribution in [2.45, 2.75) is 53.2 Å². The molecular formula is C47H49Cl2N3O8. The second-order valence-corrected chi connectivity index (χ2v) is 15.4. The Bertz CT molecular complexity index is 2220. The van der Waals surface area contributed by atoms with E-state index in [4.69, 9.17) is 57.2 Å². The van der Waals surface area contributed by atoms with E-state index in [1.807, 2.05) is 61.2 Å². The van der Waals surface area contributed by atoms with Gasteiger partial charge in [0, 0.05) is 61.4 Å². The first-order chi connectivity index (χ1) is 28.7. The molecule has 1 saturated heterocycles. The molecular weight excluding hydrogens is 805 g/mol. The summed E-state index contributed by atoms with van der Waals surface area (Å²) in [6.45, 7) is 13.0. The summed E-state index contributed by atoms with van der Waals surface area (Å²) >= 11 is 12.9. The van der Waals surface area contributed by atoms with E-state index in [-0.39, 0.29) is 5.91 Å². The van der Waals surface area contributed by atoms with Gasteiger partial charge in [-0.25, -0.2) is 14.6 Å². The number of halogens is 2. The number of pyridine rings is 1. The van der Waals surface area contributed by atoms with E-state index in [2.05, 4.69) is 72.3 Å². The fourth-order valence-corrected chi connectivity index (χ4v) is 6.84. The van der Waals surface area contributed by atoms with Crippen LogP contribution in [0.4, 0.5) is 0 Å². The van der Waals surface area contributed by atoms with Crippen LogP contribution in [0.15, 0.2) is 109 Å². The van der Waals surface area contributed by atoms with E-state index >= 15 is 0 Å². The summed E-state index contributed by atoms with van der Waals surface area (Å²) in [7, 11) is 0. The minimum atomic E-state index is -1.82. The molecule has 60 heavy (non-hydrogen) atoms. The second-order valence-electron chi connectivity index (χ2n) is 14.6. The molecule has 1 amide bonds. The first kappa shape index (κ1) is 45.2. The Morgan fingerprint density at radius 2 is 1.45 bits per heavy atom. The van der Waals surface area contributed by atoms with Gasteiger partial charge in [-0.1, -0.05) is 91.6 Å². The highest BCUT2D eigenvalue weighted by molar-refractivity contribution is 6.32. The second kappa shape index (κ2) is 21.9. The first-order valence-corrected chi connectivity index (χ1v) is 20.3. The number of hydrogen-bond acceptors (Lipinski definition) is 8. The van der Waals surface area contributed by atoms with Crippen LogP contribution in [-0.2, 0) is 34.0 Å². The third kappa shape index (κ3) is 13.6. The molecule has 1 fully saturated rings. The van der Waals surface area contributed by atoms with E-state index in [0.717, 1.165) is 48.5 Å². The minimum Gasteiger partial charge on any atom is -0.493 e. The van der Waals surface area contributed by atoms with Gasteiger partial charge in [-0.2, -0.15) is 0 Å². The number of nitrogens with zero attached hydrogens (tertiary/aromatic N) is 3. The van der Waals surface area contributed by atoms with E-state index in [1.54, 1.807) is 18.3 Å². The van der Waals surface area contributed by atoms with Gasteiger partial charge in [0.1, 0.15) is 18.1 Å². The lowest BCUT2D eigenvalue weighted by Gasteiger charge is -2.35. The number of carboxylic acids is 2. The van der Waals surface area contributed by atoms with Crippen molar-refractivity contribution in [2.75, 3.05) is 32.8 Å². The fraction of sp³-hybridized carbons (Fsp3) is 0.277. The number of carbonyl (C=O) groups excluding carboxylic acids is 1. The lowest BCUT2D eigenvalue weighted by atomic mass is 10.0. The summed E-state index contributed by atoms with van der Waals surface area (Å²) in [6.07, 6.45) is 4.35. The third-order valence-electron chi connectivity index (χ3n) is 9.72. The van der Waals surface area contributed by atoms with Crippen LogP contribution >= 0.6 is 23.2 Å². The molecule has 0 radical (unpaired) electrons. The molecule has 13 heteroatoms. The van der Waals surface area contributed by atoms with Crippen LogP contribution in [0, 0.1) is 6.92 Å². The quantitative estimate of drug-likeness (QED) is 0.0820. The molecule has 11 nitrogen and oxygen atoms in total. The maximum Gasteiger partial charge on any atom is 0.414 e. The summed E-state index contributed by atoms with van der Waals surface area (Å²) in [4.78, 5) is 40.3. The van der Waals surface area contributed by atoms with Crippen LogP contribution in [0.1, 0.15) is 60.1 Å². The molecule has 0 bridgehead atoms. The Labute approximate surface area is 360 Å². The van der Waals surface area contributed by atoms with Crippen LogP contribution in [-0.4, -0.2) is 75.6 Å². The van der Waals surface area contributed by atoms with Crippen LogP contribution in [0.5, 0.6) is 23.1 Å². The molecule has 0 spiro atoms. The molecule has 1 aliphatic rings. The molecule has 2 heterocycles. The minimum absolute atomic E-state index is 0.0345. The lowest BCUT2D eigenvalue weighted by Crippen LogP contribution is -2.48. The normalized spacial score (nSPS) is 13.0. The average Bonchev–Trinajstić information content (AvgIpc) is 3.23. The number of amides is 1. The number of aliphatic carboxylic acids is 2. The highest BCUT2D eigenvalue weighted by Gasteiger charge is 2.22. The van der Waals surface area contributed by atoms with Crippen molar-refractivity contribution in [3.8, 4) is 23.1 Å². The largest absolute Gasteiger partial charge is 0.493 e. The number of aryl methyl sites for hydroxylation is 1. The Kier molecular flexibility index (Phi) is 16.5. The van der Waals surface area contributed by atoms with Gasteiger partial charge in [0.25, 0.3) is 0 Å². The monoisotopic (exact) mass is 853 g/mol. The van der Waals surface area contributed by atoms with Gasteiger partial charge < -0.3 is 29.3 Å². The van der Waals surface area contributed by atoms with E-state index in [0.29, 0.717) is 65.2 Å². The number of ether oxygens (including phenoxy) is 3. The summed E-state index contributed by atoms with van der Waals surface area (Å²) in [5.74, 6) is -0.689. The smallest absolute Gasteiger partial charge is 0.414 e. The van der Waals surface area contributed by atoms with Crippen LogP contribution in [0.3, 0.4) is 0 Å². The molecule has 0 atom stereocenters. The summed E-state index contributed by atoms with van der Waals surface area (Å²) in [6, 6.07) is 32.0. The zero-order valence-electron chi connectivity index (χ0n) is 34.1. The lowest BCUT2D eigenvalue weighted by molar-refractivity contribution is -0.159. The number of aromatic nitrogens is 1. The highest BCUT2D eigenvalue weighted by atomic mass is 35.5. The Hall–Kier alpha value is -5.88. The molecule has 0 aliphatic carbocycles. The van der Waals surface area contributed by atoms with Crippen LogP contribution < -0.4 is 14.2 Å². The average molecular weight is 855 g/mol. The Morgan fingerprint density at radius 3 is 2.05 bits per heavy atom. The van der Waals surface area contributed by atoms with Crippen molar-refractivity contribution >= 4 is 47.1 Å². The highest BCUT2D eigenvalue weighted by Crippen LogP contribution is 2.34. The number of carbonyl (C=O) groups is 3. The van der Waals surface area contributed by atoms with Crippen molar-refractivity contribution in [1.82, 2.24) is 14.8 Å².